The van der Waals surface area contributed by atoms with Gasteiger partial charge in [0.05, 0.1) is 5.25 Å². The SMILES string of the molecule is CCC(=O)N1CCCC(S(=O)(=O)NC(=O)Nc2c3c(cc4c2CCC4)CCC3)C1. The molecule has 3 aliphatic rings. The molecule has 158 valence electrons. The highest BCUT2D eigenvalue weighted by molar-refractivity contribution is 7.90. The van der Waals surface area contributed by atoms with Gasteiger partial charge in [0.15, 0.2) is 0 Å². The minimum absolute atomic E-state index is 0.0511. The molecule has 0 bridgehead atoms. The Hall–Kier alpha value is -2.09. The zero-order valence-electron chi connectivity index (χ0n) is 16.9. The van der Waals surface area contributed by atoms with Gasteiger partial charge in [-0.25, -0.2) is 17.9 Å². The number of piperidine rings is 1. The highest BCUT2D eigenvalue weighted by atomic mass is 32.2. The van der Waals surface area contributed by atoms with Crippen LogP contribution in [0.5, 0.6) is 0 Å². The van der Waals surface area contributed by atoms with Gasteiger partial charge in [0.2, 0.25) is 15.9 Å². The number of anilines is 1. The molecule has 1 aromatic rings. The number of benzene rings is 1. The van der Waals surface area contributed by atoms with Crippen molar-refractivity contribution in [2.24, 2.45) is 0 Å². The summed E-state index contributed by atoms with van der Waals surface area (Å²) >= 11 is 0. The van der Waals surface area contributed by atoms with Gasteiger partial charge in [0, 0.05) is 25.2 Å². The van der Waals surface area contributed by atoms with Gasteiger partial charge in [-0.15, -0.1) is 0 Å². The summed E-state index contributed by atoms with van der Waals surface area (Å²) in [7, 11) is -3.86. The average Bonchev–Trinajstić information content (AvgIpc) is 3.36. The van der Waals surface area contributed by atoms with E-state index >= 15 is 0 Å². The average molecular weight is 420 g/mol. The number of nitrogens with one attached hydrogen (secondary N) is 2. The largest absolute Gasteiger partial charge is 0.341 e. The first-order valence-electron chi connectivity index (χ1n) is 10.7. The third-order valence-electron chi connectivity index (χ3n) is 6.42. The van der Waals surface area contributed by atoms with Crippen LogP contribution in [0.25, 0.3) is 0 Å². The molecule has 1 unspecified atom stereocenters. The van der Waals surface area contributed by atoms with E-state index in [9.17, 15) is 18.0 Å². The monoisotopic (exact) mass is 419 g/mol. The summed E-state index contributed by atoms with van der Waals surface area (Å²) in [5.41, 5.74) is 5.72. The van der Waals surface area contributed by atoms with Crippen molar-refractivity contribution < 1.29 is 18.0 Å². The molecule has 2 N–H and O–H groups in total. The zero-order valence-corrected chi connectivity index (χ0v) is 17.7. The molecule has 1 heterocycles. The summed E-state index contributed by atoms with van der Waals surface area (Å²) in [5.74, 6) is -0.0511. The number of fused-ring (bicyclic) bond motifs is 2. The van der Waals surface area contributed by atoms with Gasteiger partial charge in [-0.05, 0) is 73.6 Å². The van der Waals surface area contributed by atoms with Crippen LogP contribution in [0.3, 0.4) is 0 Å². The van der Waals surface area contributed by atoms with Crippen LogP contribution in [0.15, 0.2) is 6.07 Å². The number of rotatable bonds is 4. The first-order valence-corrected chi connectivity index (χ1v) is 12.2. The molecule has 0 spiro atoms. The van der Waals surface area contributed by atoms with E-state index in [1.54, 1.807) is 11.8 Å². The molecular formula is C21H29N3O4S. The Balaban J connectivity index is 1.48. The number of amides is 3. The molecule has 1 aromatic carbocycles. The Morgan fingerprint density at radius 2 is 1.72 bits per heavy atom. The maximum atomic E-state index is 12.8. The molecule has 1 saturated heterocycles. The fourth-order valence-corrected chi connectivity index (χ4v) is 6.29. The number of hydrogen-bond acceptors (Lipinski definition) is 4. The van der Waals surface area contributed by atoms with Crippen molar-refractivity contribution in [3.63, 3.8) is 0 Å². The van der Waals surface area contributed by atoms with Crippen molar-refractivity contribution in [1.29, 1.82) is 0 Å². The van der Waals surface area contributed by atoms with E-state index in [0.717, 1.165) is 55.3 Å². The number of hydrogen-bond donors (Lipinski definition) is 2. The van der Waals surface area contributed by atoms with Gasteiger partial charge in [-0.2, -0.15) is 0 Å². The smallest absolute Gasteiger partial charge is 0.332 e. The van der Waals surface area contributed by atoms with Crippen LogP contribution in [0, 0.1) is 0 Å². The van der Waals surface area contributed by atoms with Crippen LogP contribution in [0.1, 0.15) is 61.3 Å². The van der Waals surface area contributed by atoms with Crippen molar-refractivity contribution in [1.82, 2.24) is 9.62 Å². The van der Waals surface area contributed by atoms with Crippen LogP contribution in [0.4, 0.5) is 10.5 Å². The summed E-state index contributed by atoms with van der Waals surface area (Å²) in [6.45, 7) is 2.49. The third kappa shape index (κ3) is 3.99. The van der Waals surface area contributed by atoms with Crippen LogP contribution in [-0.2, 0) is 40.5 Å². The first kappa shape index (κ1) is 20.2. The molecule has 3 amide bonds. The number of carbonyl (C=O) groups excluding carboxylic acids is 2. The van der Waals surface area contributed by atoms with Crippen molar-refractivity contribution in [3.05, 3.63) is 28.3 Å². The second kappa shape index (κ2) is 7.97. The van der Waals surface area contributed by atoms with E-state index in [-0.39, 0.29) is 12.5 Å². The van der Waals surface area contributed by atoms with Crippen molar-refractivity contribution in [2.45, 2.75) is 70.0 Å². The third-order valence-corrected chi connectivity index (χ3v) is 8.15. The van der Waals surface area contributed by atoms with E-state index in [0.29, 0.717) is 25.8 Å². The number of nitrogens with zero attached hydrogens (tertiary/aromatic N) is 1. The van der Waals surface area contributed by atoms with Gasteiger partial charge in [0.25, 0.3) is 0 Å². The molecule has 0 saturated carbocycles. The molecule has 4 rings (SSSR count). The lowest BCUT2D eigenvalue weighted by Gasteiger charge is -2.32. The predicted octanol–water partition coefficient (Wildman–Crippen LogP) is 2.52. The van der Waals surface area contributed by atoms with E-state index < -0.39 is 21.3 Å². The van der Waals surface area contributed by atoms with Crippen molar-refractivity contribution >= 4 is 27.6 Å². The standard InChI is InChI=1S/C21H29N3O4S/c1-2-19(25)24-11-5-8-16(13-24)29(27,28)23-21(26)22-20-17-9-3-6-14(17)12-15-7-4-10-18(15)20/h12,16H,2-11,13H2,1H3,(H2,22,23,26). The van der Waals surface area contributed by atoms with Crippen LogP contribution < -0.4 is 10.0 Å². The summed E-state index contributed by atoms with van der Waals surface area (Å²) in [4.78, 5) is 26.2. The van der Waals surface area contributed by atoms with E-state index in [4.69, 9.17) is 0 Å². The molecule has 7 nitrogen and oxygen atoms in total. The number of aryl methyl sites for hydroxylation is 2. The van der Waals surface area contributed by atoms with E-state index in [1.165, 1.54) is 11.1 Å². The second-order valence-corrected chi connectivity index (χ2v) is 10.3. The highest BCUT2D eigenvalue weighted by Gasteiger charge is 2.34. The fourth-order valence-electron chi connectivity index (χ4n) is 4.96. The molecule has 1 aliphatic heterocycles. The molecule has 29 heavy (non-hydrogen) atoms. The number of carbonyl (C=O) groups is 2. The fraction of sp³-hybridized carbons (Fsp3) is 0.619. The van der Waals surface area contributed by atoms with Gasteiger partial charge in [-0.1, -0.05) is 13.0 Å². The van der Waals surface area contributed by atoms with Crippen molar-refractivity contribution in [3.8, 4) is 0 Å². The Kier molecular flexibility index (Phi) is 5.55. The van der Waals surface area contributed by atoms with E-state index in [1.807, 2.05) is 0 Å². The quantitative estimate of drug-likeness (QED) is 0.784. The molecule has 8 heteroatoms. The summed E-state index contributed by atoms with van der Waals surface area (Å²) in [6, 6.07) is 1.57. The topological polar surface area (TPSA) is 95.6 Å². The van der Waals surface area contributed by atoms with Gasteiger partial charge in [-0.3, -0.25) is 4.79 Å². The Labute approximate surface area is 172 Å². The van der Waals surface area contributed by atoms with Crippen LogP contribution >= 0.6 is 0 Å². The highest BCUT2D eigenvalue weighted by Crippen LogP contribution is 2.38. The van der Waals surface area contributed by atoms with Gasteiger partial charge >= 0.3 is 6.03 Å². The van der Waals surface area contributed by atoms with Crippen molar-refractivity contribution in [2.75, 3.05) is 18.4 Å². The first-order chi connectivity index (χ1) is 13.9. The van der Waals surface area contributed by atoms with E-state index in [2.05, 4.69) is 16.1 Å². The molecule has 1 fully saturated rings. The van der Waals surface area contributed by atoms with Crippen LogP contribution in [0.2, 0.25) is 0 Å². The van der Waals surface area contributed by atoms with Crippen LogP contribution in [-0.4, -0.2) is 43.6 Å². The zero-order chi connectivity index (χ0) is 20.6. The maximum Gasteiger partial charge on any atom is 0.332 e. The Bertz CT molecular complexity index is 909. The molecule has 0 aromatic heterocycles. The Morgan fingerprint density at radius 1 is 1.07 bits per heavy atom. The lowest BCUT2D eigenvalue weighted by atomic mass is 9.99. The second-order valence-electron chi connectivity index (χ2n) is 8.29. The molecule has 0 radical (unpaired) electrons. The predicted molar refractivity (Wildman–Crippen MR) is 111 cm³/mol. The molecule has 1 atom stereocenters. The number of sulfonamides is 1. The summed E-state index contributed by atoms with van der Waals surface area (Å²) < 4.78 is 27.8. The van der Waals surface area contributed by atoms with Gasteiger partial charge in [0.1, 0.15) is 0 Å². The Morgan fingerprint density at radius 3 is 2.34 bits per heavy atom. The number of likely N-dealkylation sites (tertiary alicyclic amines) is 1. The lowest BCUT2D eigenvalue weighted by molar-refractivity contribution is -0.131. The maximum absolute atomic E-state index is 12.8. The normalized spacial score (nSPS) is 20.9. The van der Waals surface area contributed by atoms with Gasteiger partial charge < -0.3 is 10.2 Å². The lowest BCUT2D eigenvalue weighted by Crippen LogP contribution is -2.50. The summed E-state index contributed by atoms with van der Waals surface area (Å²) in [6.07, 6.45) is 7.42. The minimum Gasteiger partial charge on any atom is -0.341 e. The summed E-state index contributed by atoms with van der Waals surface area (Å²) in [5, 5.41) is 2.11. The number of urea groups is 1. The molecule has 2 aliphatic carbocycles. The molecular weight excluding hydrogens is 390 g/mol. The minimum atomic E-state index is -3.86.